The first-order valence-corrected chi connectivity index (χ1v) is 11.1. The van der Waals surface area contributed by atoms with Gasteiger partial charge >= 0.3 is 0 Å². The van der Waals surface area contributed by atoms with Gasteiger partial charge in [0.25, 0.3) is 5.69 Å². The maximum atomic E-state index is 14.8. The predicted molar refractivity (Wildman–Crippen MR) is 120 cm³/mol. The van der Waals surface area contributed by atoms with E-state index in [9.17, 15) is 18.9 Å². The van der Waals surface area contributed by atoms with Gasteiger partial charge in [0.15, 0.2) is 17.8 Å². The summed E-state index contributed by atoms with van der Waals surface area (Å²) in [6.45, 7) is 0.238. The molecule has 0 fully saturated rings. The Morgan fingerprint density at radius 2 is 1.91 bits per heavy atom. The second kappa shape index (κ2) is 9.20. The summed E-state index contributed by atoms with van der Waals surface area (Å²) in [5.41, 5.74) is 1.84. The molecule has 0 atom stereocenters. The zero-order valence-electron chi connectivity index (χ0n) is 17.5. The number of fused-ring (bicyclic) bond motifs is 1. The summed E-state index contributed by atoms with van der Waals surface area (Å²) >= 11 is 1.20. The molecular weight excluding hydrogens is 466 g/mol. The fourth-order valence-corrected chi connectivity index (χ4v) is 4.56. The van der Waals surface area contributed by atoms with Crippen LogP contribution in [0.4, 0.5) is 14.5 Å². The third-order valence-corrected chi connectivity index (χ3v) is 6.13. The lowest BCUT2D eigenvalue weighted by Crippen LogP contribution is -2.13. The van der Waals surface area contributed by atoms with Crippen molar-refractivity contribution in [3.8, 4) is 22.8 Å². The Hall–Kier alpha value is -3.83. The van der Waals surface area contributed by atoms with Gasteiger partial charge in [-0.05, 0) is 12.1 Å². The topological polar surface area (TPSA) is 92.3 Å². The van der Waals surface area contributed by atoms with Crippen molar-refractivity contribution in [3.63, 3.8) is 0 Å². The lowest BCUT2D eigenvalue weighted by molar-refractivity contribution is -0.385. The Balaban J connectivity index is 1.56. The SMILES string of the molecule is O=[N+]([O-])c1cc2c(c(CSc3nnc(-c4ccccc4)n3-c3ccc(F)cc3F)c1)OCOC2. The second-order valence-corrected chi connectivity index (χ2v) is 8.30. The maximum Gasteiger partial charge on any atom is 0.270 e. The molecule has 34 heavy (non-hydrogen) atoms. The van der Waals surface area contributed by atoms with Gasteiger partial charge in [0.05, 0.1) is 17.2 Å². The van der Waals surface area contributed by atoms with E-state index in [1.165, 1.54) is 34.5 Å². The van der Waals surface area contributed by atoms with E-state index in [2.05, 4.69) is 10.2 Å². The van der Waals surface area contributed by atoms with Crippen LogP contribution in [0.5, 0.6) is 5.75 Å². The molecule has 0 radical (unpaired) electrons. The van der Waals surface area contributed by atoms with Crippen molar-refractivity contribution in [2.24, 2.45) is 0 Å². The average Bonchev–Trinajstić information content (AvgIpc) is 3.26. The molecule has 2 heterocycles. The Morgan fingerprint density at radius 3 is 2.68 bits per heavy atom. The quantitative estimate of drug-likeness (QED) is 0.210. The van der Waals surface area contributed by atoms with E-state index in [0.29, 0.717) is 33.4 Å². The number of halogens is 2. The third-order valence-electron chi connectivity index (χ3n) is 5.16. The van der Waals surface area contributed by atoms with Gasteiger partial charge < -0.3 is 9.47 Å². The molecular formula is C23H16F2N4O4S. The molecule has 172 valence electrons. The van der Waals surface area contributed by atoms with E-state index >= 15 is 0 Å². The van der Waals surface area contributed by atoms with Crippen LogP contribution in [0.25, 0.3) is 17.1 Å². The van der Waals surface area contributed by atoms with Crippen LogP contribution < -0.4 is 4.74 Å². The molecule has 0 saturated heterocycles. The molecule has 0 unspecified atom stereocenters. The monoisotopic (exact) mass is 482 g/mol. The van der Waals surface area contributed by atoms with Crippen molar-refractivity contribution in [2.45, 2.75) is 17.5 Å². The maximum absolute atomic E-state index is 14.8. The summed E-state index contributed by atoms with van der Waals surface area (Å²) in [6, 6.07) is 15.2. The van der Waals surface area contributed by atoms with Crippen molar-refractivity contribution in [1.29, 1.82) is 0 Å². The highest BCUT2D eigenvalue weighted by Crippen LogP contribution is 2.37. The first kappa shape index (κ1) is 22.0. The zero-order valence-corrected chi connectivity index (χ0v) is 18.3. The van der Waals surface area contributed by atoms with Crippen LogP contribution in [0, 0.1) is 21.7 Å². The molecule has 0 bridgehead atoms. The summed E-state index contributed by atoms with van der Waals surface area (Å²) in [7, 11) is 0. The van der Waals surface area contributed by atoms with Crippen LogP contribution in [0.2, 0.25) is 0 Å². The molecule has 0 saturated carbocycles. The number of thioether (sulfide) groups is 1. The lowest BCUT2D eigenvalue weighted by Gasteiger charge is -2.20. The van der Waals surface area contributed by atoms with E-state index in [-0.39, 0.29) is 30.5 Å². The number of hydrogen-bond acceptors (Lipinski definition) is 7. The van der Waals surface area contributed by atoms with E-state index in [4.69, 9.17) is 9.47 Å². The number of nitro benzene ring substituents is 1. The van der Waals surface area contributed by atoms with Gasteiger partial charge in [0, 0.05) is 40.6 Å². The van der Waals surface area contributed by atoms with Crippen molar-refractivity contribution in [2.75, 3.05) is 6.79 Å². The molecule has 0 N–H and O–H groups in total. The first-order valence-electron chi connectivity index (χ1n) is 10.1. The first-order chi connectivity index (χ1) is 16.5. The normalized spacial score (nSPS) is 12.8. The Kier molecular flexibility index (Phi) is 5.95. The largest absolute Gasteiger partial charge is 0.467 e. The molecule has 3 aromatic carbocycles. The number of nitrogens with zero attached hydrogens (tertiary/aromatic N) is 4. The highest BCUT2D eigenvalue weighted by Gasteiger charge is 2.23. The molecule has 1 aliphatic heterocycles. The van der Waals surface area contributed by atoms with Crippen molar-refractivity contribution in [3.05, 3.63) is 93.5 Å². The Morgan fingerprint density at radius 1 is 1.09 bits per heavy atom. The molecule has 11 heteroatoms. The zero-order chi connectivity index (χ0) is 23.7. The standard InChI is InChI=1S/C23H16F2N4O4S/c24-17-6-7-20(19(25)10-17)28-22(14-4-2-1-3-5-14)26-27-23(28)34-12-16-9-18(29(30)31)8-15-11-32-13-33-21(15)16/h1-10H,11-13H2. The number of benzene rings is 3. The van der Waals surface area contributed by atoms with Crippen LogP contribution in [-0.2, 0) is 17.1 Å². The van der Waals surface area contributed by atoms with E-state index in [1.807, 2.05) is 18.2 Å². The molecule has 1 aromatic heterocycles. The van der Waals surface area contributed by atoms with Gasteiger partial charge in [-0.25, -0.2) is 8.78 Å². The predicted octanol–water partition coefficient (Wildman–Crippen LogP) is 5.28. The van der Waals surface area contributed by atoms with Crippen LogP contribution in [-0.4, -0.2) is 26.5 Å². The molecule has 4 aromatic rings. The van der Waals surface area contributed by atoms with Gasteiger partial charge in [-0.15, -0.1) is 10.2 Å². The highest BCUT2D eigenvalue weighted by molar-refractivity contribution is 7.98. The van der Waals surface area contributed by atoms with Crippen LogP contribution in [0.1, 0.15) is 11.1 Å². The van der Waals surface area contributed by atoms with Crippen LogP contribution in [0.3, 0.4) is 0 Å². The van der Waals surface area contributed by atoms with Crippen molar-refractivity contribution < 1.29 is 23.2 Å². The van der Waals surface area contributed by atoms with Crippen LogP contribution in [0.15, 0.2) is 65.8 Å². The minimum atomic E-state index is -0.771. The number of non-ortho nitro benzene ring substituents is 1. The smallest absolute Gasteiger partial charge is 0.270 e. The summed E-state index contributed by atoms with van der Waals surface area (Å²) < 4.78 is 40.7. The second-order valence-electron chi connectivity index (χ2n) is 7.35. The molecule has 0 spiro atoms. The number of hydrogen-bond donors (Lipinski definition) is 0. The molecule has 0 aliphatic carbocycles. The number of aromatic nitrogens is 3. The van der Waals surface area contributed by atoms with Gasteiger partial charge in [-0.3, -0.25) is 14.7 Å². The third kappa shape index (κ3) is 4.22. The number of rotatable bonds is 6. The van der Waals surface area contributed by atoms with Crippen LogP contribution >= 0.6 is 11.8 Å². The van der Waals surface area contributed by atoms with E-state index in [1.54, 1.807) is 12.1 Å². The summed E-state index contributed by atoms with van der Waals surface area (Å²) in [5.74, 6) is -0.342. The summed E-state index contributed by atoms with van der Waals surface area (Å²) in [6.07, 6.45) is 0. The lowest BCUT2D eigenvalue weighted by atomic mass is 10.1. The fraction of sp³-hybridized carbons (Fsp3) is 0.130. The van der Waals surface area contributed by atoms with Gasteiger partial charge in [-0.2, -0.15) is 0 Å². The summed E-state index contributed by atoms with van der Waals surface area (Å²) in [5, 5.41) is 20.2. The average molecular weight is 482 g/mol. The van der Waals surface area contributed by atoms with Gasteiger partial charge in [0.2, 0.25) is 0 Å². The molecule has 5 rings (SSSR count). The fourth-order valence-electron chi connectivity index (χ4n) is 3.65. The minimum Gasteiger partial charge on any atom is -0.467 e. The molecule has 1 aliphatic rings. The molecule has 8 nitrogen and oxygen atoms in total. The van der Waals surface area contributed by atoms with Crippen molar-refractivity contribution >= 4 is 17.4 Å². The van der Waals surface area contributed by atoms with Crippen molar-refractivity contribution in [1.82, 2.24) is 14.8 Å². The van der Waals surface area contributed by atoms with E-state index < -0.39 is 16.6 Å². The summed E-state index contributed by atoms with van der Waals surface area (Å²) in [4.78, 5) is 10.9. The number of ether oxygens (including phenoxy) is 2. The van der Waals surface area contributed by atoms with Gasteiger partial charge in [-0.1, -0.05) is 42.1 Å². The van der Waals surface area contributed by atoms with Gasteiger partial charge in [0.1, 0.15) is 17.4 Å². The highest BCUT2D eigenvalue weighted by atomic mass is 32.2. The Bertz CT molecular complexity index is 1380. The number of nitro groups is 1. The molecule has 0 amide bonds. The minimum absolute atomic E-state index is 0.0393. The Labute approximate surface area is 196 Å². The van der Waals surface area contributed by atoms with E-state index in [0.717, 1.165) is 12.1 Å².